The van der Waals surface area contributed by atoms with E-state index < -0.39 is 0 Å². The number of hydrazone groups is 1. The average molecular weight is 390 g/mol. The number of benzene rings is 1. The number of hydrogen-bond acceptors (Lipinski definition) is 3. The predicted molar refractivity (Wildman–Crippen MR) is 85.7 cm³/mol. The average Bonchev–Trinajstić information content (AvgIpc) is 2.35. The molecule has 1 aromatic rings. The SMILES string of the molecule is CC1CCCC(C)N1/N=C/c1cc(Br)c(O)c(Br)c1. The van der Waals surface area contributed by atoms with Crippen LogP contribution >= 0.6 is 31.9 Å². The summed E-state index contributed by atoms with van der Waals surface area (Å²) >= 11 is 6.66. The maximum Gasteiger partial charge on any atom is 0.143 e. The van der Waals surface area contributed by atoms with E-state index in [1.165, 1.54) is 19.3 Å². The van der Waals surface area contributed by atoms with E-state index >= 15 is 0 Å². The summed E-state index contributed by atoms with van der Waals surface area (Å²) in [6.07, 6.45) is 5.53. The van der Waals surface area contributed by atoms with Crippen LogP contribution < -0.4 is 0 Å². The van der Waals surface area contributed by atoms with Crippen LogP contribution in [-0.2, 0) is 0 Å². The van der Waals surface area contributed by atoms with Gasteiger partial charge in [-0.15, -0.1) is 0 Å². The Labute approximate surface area is 130 Å². The van der Waals surface area contributed by atoms with Gasteiger partial charge in [0.15, 0.2) is 0 Å². The van der Waals surface area contributed by atoms with Crippen LogP contribution in [0.3, 0.4) is 0 Å². The van der Waals surface area contributed by atoms with Crippen molar-refractivity contribution in [2.75, 3.05) is 0 Å². The molecule has 0 saturated carbocycles. The number of phenolic OH excluding ortho intramolecular Hbond substituents is 1. The minimum absolute atomic E-state index is 0.219. The Hall–Kier alpha value is -0.550. The molecule has 5 heteroatoms. The first-order chi connectivity index (χ1) is 8.99. The zero-order chi connectivity index (χ0) is 14.0. The highest BCUT2D eigenvalue weighted by Gasteiger charge is 2.22. The number of rotatable bonds is 2. The van der Waals surface area contributed by atoms with Crippen LogP contribution in [0.4, 0.5) is 0 Å². The number of aromatic hydroxyl groups is 1. The van der Waals surface area contributed by atoms with Gasteiger partial charge in [-0.1, -0.05) is 0 Å². The maximum atomic E-state index is 9.68. The standard InChI is InChI=1S/C14H18Br2N2O/c1-9-4-3-5-10(2)18(9)17-8-11-6-12(15)14(19)13(16)7-11/h6-10,19H,3-5H2,1-2H3/b17-8+. The van der Waals surface area contributed by atoms with E-state index in [-0.39, 0.29) is 5.75 Å². The van der Waals surface area contributed by atoms with Crippen LogP contribution in [0.25, 0.3) is 0 Å². The highest BCUT2D eigenvalue weighted by Crippen LogP contribution is 2.33. The monoisotopic (exact) mass is 388 g/mol. The van der Waals surface area contributed by atoms with Gasteiger partial charge in [0.2, 0.25) is 0 Å². The van der Waals surface area contributed by atoms with Crippen molar-refractivity contribution in [1.82, 2.24) is 5.01 Å². The number of nitrogens with zero attached hydrogens (tertiary/aromatic N) is 2. The molecule has 0 aromatic heterocycles. The van der Waals surface area contributed by atoms with Crippen molar-refractivity contribution in [2.45, 2.75) is 45.2 Å². The van der Waals surface area contributed by atoms with Crippen LogP contribution in [0, 0.1) is 0 Å². The summed E-state index contributed by atoms with van der Waals surface area (Å²) in [6.45, 7) is 4.44. The van der Waals surface area contributed by atoms with Gasteiger partial charge in [0.05, 0.1) is 15.2 Å². The van der Waals surface area contributed by atoms with E-state index in [0.717, 1.165) is 5.56 Å². The molecular weight excluding hydrogens is 372 g/mol. The van der Waals surface area contributed by atoms with Crippen molar-refractivity contribution in [3.63, 3.8) is 0 Å². The van der Waals surface area contributed by atoms with Gasteiger partial charge in [0.25, 0.3) is 0 Å². The summed E-state index contributed by atoms with van der Waals surface area (Å²) in [5.74, 6) is 0.219. The molecule has 0 spiro atoms. The Morgan fingerprint density at radius 1 is 1.21 bits per heavy atom. The van der Waals surface area contributed by atoms with Gasteiger partial charge < -0.3 is 5.11 Å². The zero-order valence-electron chi connectivity index (χ0n) is 11.1. The topological polar surface area (TPSA) is 35.8 Å². The molecule has 0 amide bonds. The Morgan fingerprint density at radius 2 is 1.74 bits per heavy atom. The Morgan fingerprint density at radius 3 is 2.26 bits per heavy atom. The van der Waals surface area contributed by atoms with Gasteiger partial charge >= 0.3 is 0 Å². The van der Waals surface area contributed by atoms with Crippen molar-refractivity contribution < 1.29 is 5.11 Å². The molecule has 2 unspecified atom stereocenters. The third-order valence-electron chi connectivity index (χ3n) is 3.53. The van der Waals surface area contributed by atoms with Crippen LogP contribution in [0.2, 0.25) is 0 Å². The molecule has 3 nitrogen and oxygen atoms in total. The fraction of sp³-hybridized carbons (Fsp3) is 0.500. The van der Waals surface area contributed by atoms with E-state index in [1.807, 2.05) is 18.3 Å². The fourth-order valence-corrected chi connectivity index (χ4v) is 3.65. The molecule has 1 aromatic carbocycles. The van der Waals surface area contributed by atoms with Crippen LogP contribution in [0.15, 0.2) is 26.2 Å². The number of phenols is 1. The second kappa shape index (κ2) is 6.27. The Balaban J connectivity index is 2.18. The van der Waals surface area contributed by atoms with E-state index in [1.54, 1.807) is 0 Å². The summed E-state index contributed by atoms with van der Waals surface area (Å²) in [5, 5.41) is 16.5. The van der Waals surface area contributed by atoms with Crippen LogP contribution in [0.5, 0.6) is 5.75 Å². The smallest absolute Gasteiger partial charge is 0.143 e. The first-order valence-corrected chi connectivity index (χ1v) is 8.08. The molecular formula is C14H18Br2N2O. The van der Waals surface area contributed by atoms with E-state index in [9.17, 15) is 5.11 Å². The molecule has 19 heavy (non-hydrogen) atoms. The number of piperidine rings is 1. The third-order valence-corrected chi connectivity index (χ3v) is 4.74. The molecule has 1 N–H and O–H groups in total. The van der Waals surface area contributed by atoms with Gasteiger partial charge in [0.1, 0.15) is 5.75 Å². The van der Waals surface area contributed by atoms with E-state index in [4.69, 9.17) is 0 Å². The van der Waals surface area contributed by atoms with E-state index in [0.29, 0.717) is 21.0 Å². The van der Waals surface area contributed by atoms with Gasteiger partial charge in [-0.2, -0.15) is 5.10 Å². The maximum absolute atomic E-state index is 9.68. The minimum Gasteiger partial charge on any atom is -0.506 e. The highest BCUT2D eigenvalue weighted by molar-refractivity contribution is 9.11. The summed E-state index contributed by atoms with van der Waals surface area (Å²) in [7, 11) is 0. The van der Waals surface area contributed by atoms with Crippen LogP contribution in [-0.4, -0.2) is 28.4 Å². The minimum atomic E-state index is 0.219. The second-order valence-electron chi connectivity index (χ2n) is 5.09. The lowest BCUT2D eigenvalue weighted by molar-refractivity contribution is 0.109. The first-order valence-electron chi connectivity index (χ1n) is 6.49. The predicted octanol–water partition coefficient (Wildman–Crippen LogP) is 4.51. The molecule has 1 heterocycles. The number of hydrogen-bond donors (Lipinski definition) is 1. The summed E-state index contributed by atoms with van der Waals surface area (Å²) < 4.78 is 1.34. The van der Waals surface area contributed by atoms with Crippen molar-refractivity contribution in [3.8, 4) is 5.75 Å². The van der Waals surface area contributed by atoms with Crippen LogP contribution in [0.1, 0.15) is 38.7 Å². The molecule has 0 radical (unpaired) electrons. The van der Waals surface area contributed by atoms with Crippen molar-refractivity contribution >= 4 is 38.1 Å². The lowest BCUT2D eigenvalue weighted by Crippen LogP contribution is -2.39. The van der Waals surface area contributed by atoms with Crippen molar-refractivity contribution in [1.29, 1.82) is 0 Å². The summed E-state index contributed by atoms with van der Waals surface area (Å²) in [6, 6.07) is 4.71. The largest absolute Gasteiger partial charge is 0.506 e. The fourth-order valence-electron chi connectivity index (χ4n) is 2.43. The lowest BCUT2D eigenvalue weighted by atomic mass is 10.00. The normalized spacial score (nSPS) is 24.1. The van der Waals surface area contributed by atoms with Gasteiger partial charge in [0, 0.05) is 12.1 Å². The lowest BCUT2D eigenvalue weighted by Gasteiger charge is -2.36. The molecule has 0 bridgehead atoms. The van der Waals surface area contributed by atoms with Crippen molar-refractivity contribution in [3.05, 3.63) is 26.6 Å². The first kappa shape index (κ1) is 14.9. The Bertz CT molecular complexity index is 457. The van der Waals surface area contributed by atoms with Gasteiger partial charge in [-0.3, -0.25) is 5.01 Å². The molecule has 1 fully saturated rings. The molecule has 1 aliphatic heterocycles. The molecule has 2 atom stereocenters. The Kier molecular flexibility index (Phi) is 4.90. The zero-order valence-corrected chi connectivity index (χ0v) is 14.3. The summed E-state index contributed by atoms with van der Waals surface area (Å²) in [5.41, 5.74) is 0.960. The van der Waals surface area contributed by atoms with Crippen molar-refractivity contribution in [2.24, 2.45) is 5.10 Å². The molecule has 1 aliphatic rings. The highest BCUT2D eigenvalue weighted by atomic mass is 79.9. The van der Waals surface area contributed by atoms with E-state index in [2.05, 4.69) is 55.8 Å². The number of halogens is 2. The van der Waals surface area contributed by atoms with Gasteiger partial charge in [-0.05, 0) is 82.7 Å². The quantitative estimate of drug-likeness (QED) is 0.755. The second-order valence-corrected chi connectivity index (χ2v) is 6.80. The molecule has 1 saturated heterocycles. The van der Waals surface area contributed by atoms with Gasteiger partial charge in [-0.25, -0.2) is 0 Å². The molecule has 0 aliphatic carbocycles. The molecule has 2 rings (SSSR count). The summed E-state index contributed by atoms with van der Waals surface area (Å²) in [4.78, 5) is 0. The third kappa shape index (κ3) is 3.51. The molecule has 104 valence electrons.